The predicted molar refractivity (Wildman–Crippen MR) is 47.8 cm³/mol. The summed E-state index contributed by atoms with van der Waals surface area (Å²) in [5.41, 5.74) is 0. The van der Waals surface area contributed by atoms with Crippen molar-refractivity contribution in [1.29, 1.82) is 0 Å². The van der Waals surface area contributed by atoms with Crippen LogP contribution in [-0.2, 0) is 9.84 Å². The SMILES string of the molecule is O=S1(=O)CCC(NC2CCC2)C1. The Morgan fingerprint density at radius 2 is 1.83 bits per heavy atom. The Bertz CT molecular complexity index is 256. The fraction of sp³-hybridized carbons (Fsp3) is 1.00. The smallest absolute Gasteiger partial charge is 0.151 e. The highest BCUT2D eigenvalue weighted by molar-refractivity contribution is 7.91. The molecule has 1 unspecified atom stereocenters. The molecule has 0 spiro atoms. The maximum atomic E-state index is 11.1. The van der Waals surface area contributed by atoms with Gasteiger partial charge in [-0.15, -0.1) is 0 Å². The van der Waals surface area contributed by atoms with Gasteiger partial charge in [0.1, 0.15) is 0 Å². The molecular formula is C8H15NO2S. The maximum Gasteiger partial charge on any atom is 0.151 e. The van der Waals surface area contributed by atoms with Gasteiger partial charge in [-0.05, 0) is 19.3 Å². The van der Waals surface area contributed by atoms with Gasteiger partial charge < -0.3 is 5.32 Å². The van der Waals surface area contributed by atoms with E-state index in [0.717, 1.165) is 6.42 Å². The summed E-state index contributed by atoms with van der Waals surface area (Å²) in [6.45, 7) is 0. The summed E-state index contributed by atoms with van der Waals surface area (Å²) in [5.74, 6) is 0.751. The Hall–Kier alpha value is -0.0900. The first-order chi connectivity index (χ1) is 5.66. The molecule has 1 atom stereocenters. The van der Waals surface area contributed by atoms with Crippen LogP contribution in [0.5, 0.6) is 0 Å². The molecule has 0 aromatic heterocycles. The summed E-state index contributed by atoms with van der Waals surface area (Å²) in [4.78, 5) is 0. The maximum absolute atomic E-state index is 11.1. The van der Waals surface area contributed by atoms with Crippen LogP contribution in [0.25, 0.3) is 0 Å². The number of sulfone groups is 1. The normalized spacial score (nSPS) is 34.8. The van der Waals surface area contributed by atoms with E-state index in [0.29, 0.717) is 17.5 Å². The van der Waals surface area contributed by atoms with Crippen molar-refractivity contribution in [3.05, 3.63) is 0 Å². The van der Waals surface area contributed by atoms with E-state index in [1.807, 2.05) is 0 Å². The first kappa shape index (κ1) is 8.51. The van der Waals surface area contributed by atoms with Crippen LogP contribution in [0.3, 0.4) is 0 Å². The van der Waals surface area contributed by atoms with Crippen LogP contribution in [0.4, 0.5) is 0 Å². The summed E-state index contributed by atoms with van der Waals surface area (Å²) in [6, 6.07) is 0.864. The minimum absolute atomic E-state index is 0.250. The van der Waals surface area contributed by atoms with Crippen molar-refractivity contribution >= 4 is 9.84 Å². The lowest BCUT2D eigenvalue weighted by Gasteiger charge is -2.29. The molecule has 1 saturated carbocycles. The Morgan fingerprint density at radius 1 is 1.08 bits per heavy atom. The van der Waals surface area contributed by atoms with Gasteiger partial charge in [-0.1, -0.05) is 6.42 Å². The van der Waals surface area contributed by atoms with Crippen molar-refractivity contribution in [1.82, 2.24) is 5.32 Å². The van der Waals surface area contributed by atoms with E-state index in [1.54, 1.807) is 0 Å². The molecule has 0 aromatic rings. The topological polar surface area (TPSA) is 46.2 Å². The van der Waals surface area contributed by atoms with Gasteiger partial charge in [0, 0.05) is 12.1 Å². The molecule has 0 radical (unpaired) electrons. The minimum atomic E-state index is -2.69. The predicted octanol–water partition coefficient (Wildman–Crippen LogP) is 0.316. The van der Waals surface area contributed by atoms with Gasteiger partial charge in [-0.25, -0.2) is 8.42 Å². The average Bonchev–Trinajstić information content (AvgIpc) is 2.21. The Labute approximate surface area is 73.5 Å². The first-order valence-electron chi connectivity index (χ1n) is 4.62. The van der Waals surface area contributed by atoms with Crippen LogP contribution < -0.4 is 5.32 Å². The van der Waals surface area contributed by atoms with Crippen LogP contribution in [0.1, 0.15) is 25.7 Å². The third-order valence-corrected chi connectivity index (χ3v) is 4.58. The van der Waals surface area contributed by atoms with Gasteiger partial charge in [-0.2, -0.15) is 0 Å². The van der Waals surface area contributed by atoms with Gasteiger partial charge in [0.2, 0.25) is 0 Å². The molecule has 1 heterocycles. The van der Waals surface area contributed by atoms with Crippen molar-refractivity contribution < 1.29 is 8.42 Å². The third kappa shape index (κ3) is 1.80. The summed E-state index contributed by atoms with van der Waals surface area (Å²) in [7, 11) is -2.69. The zero-order chi connectivity index (χ0) is 8.60. The Balaban J connectivity index is 1.83. The molecule has 0 aromatic carbocycles. The lowest BCUT2D eigenvalue weighted by atomic mass is 9.92. The Kier molecular flexibility index (Phi) is 2.12. The summed E-state index contributed by atoms with van der Waals surface area (Å²) >= 11 is 0. The van der Waals surface area contributed by atoms with Crippen molar-refractivity contribution in [3.8, 4) is 0 Å². The minimum Gasteiger partial charge on any atom is -0.310 e. The fourth-order valence-electron chi connectivity index (χ4n) is 1.83. The molecule has 4 heteroatoms. The van der Waals surface area contributed by atoms with E-state index in [-0.39, 0.29) is 6.04 Å². The fourth-order valence-corrected chi connectivity index (χ4v) is 3.52. The highest BCUT2D eigenvalue weighted by Crippen LogP contribution is 2.21. The first-order valence-corrected chi connectivity index (χ1v) is 6.44. The van der Waals surface area contributed by atoms with E-state index in [9.17, 15) is 8.42 Å². The summed E-state index contributed by atoms with van der Waals surface area (Å²) < 4.78 is 22.2. The zero-order valence-corrected chi connectivity index (χ0v) is 7.94. The molecule has 2 aliphatic rings. The van der Waals surface area contributed by atoms with Crippen molar-refractivity contribution in [2.24, 2.45) is 0 Å². The highest BCUT2D eigenvalue weighted by Gasteiger charge is 2.30. The van der Waals surface area contributed by atoms with Crippen LogP contribution >= 0.6 is 0 Å². The molecule has 2 rings (SSSR count). The molecule has 3 nitrogen and oxygen atoms in total. The lowest BCUT2D eigenvalue weighted by molar-refractivity contribution is 0.313. The molecule has 12 heavy (non-hydrogen) atoms. The average molecular weight is 189 g/mol. The second-order valence-corrected chi connectivity index (χ2v) is 6.12. The monoisotopic (exact) mass is 189 g/mol. The summed E-state index contributed by atoms with van der Waals surface area (Å²) in [6.07, 6.45) is 4.59. The molecule has 1 N–H and O–H groups in total. The molecule has 2 fully saturated rings. The number of nitrogens with one attached hydrogen (secondary N) is 1. The third-order valence-electron chi connectivity index (χ3n) is 2.81. The quantitative estimate of drug-likeness (QED) is 0.680. The van der Waals surface area contributed by atoms with E-state index in [4.69, 9.17) is 0 Å². The number of hydrogen-bond donors (Lipinski definition) is 1. The van der Waals surface area contributed by atoms with Gasteiger partial charge in [-0.3, -0.25) is 0 Å². The van der Waals surface area contributed by atoms with Crippen molar-refractivity contribution in [2.75, 3.05) is 11.5 Å². The van der Waals surface area contributed by atoms with Gasteiger partial charge in [0.05, 0.1) is 11.5 Å². The van der Waals surface area contributed by atoms with Crippen LogP contribution in [-0.4, -0.2) is 32.0 Å². The molecule has 1 saturated heterocycles. The molecular weight excluding hydrogens is 174 g/mol. The van der Waals surface area contributed by atoms with Crippen molar-refractivity contribution in [2.45, 2.75) is 37.8 Å². The van der Waals surface area contributed by atoms with E-state index in [1.165, 1.54) is 19.3 Å². The second-order valence-electron chi connectivity index (χ2n) is 3.89. The molecule has 1 aliphatic heterocycles. The second kappa shape index (κ2) is 3.00. The molecule has 70 valence electrons. The molecule has 0 amide bonds. The van der Waals surface area contributed by atoms with Crippen LogP contribution in [0.2, 0.25) is 0 Å². The molecule has 1 aliphatic carbocycles. The van der Waals surface area contributed by atoms with E-state index in [2.05, 4.69) is 5.32 Å². The lowest BCUT2D eigenvalue weighted by Crippen LogP contribution is -2.42. The molecule has 0 bridgehead atoms. The van der Waals surface area contributed by atoms with E-state index >= 15 is 0 Å². The zero-order valence-electron chi connectivity index (χ0n) is 7.12. The van der Waals surface area contributed by atoms with Gasteiger partial charge in [0.25, 0.3) is 0 Å². The summed E-state index contributed by atoms with van der Waals surface area (Å²) in [5, 5.41) is 3.39. The van der Waals surface area contributed by atoms with Gasteiger partial charge >= 0.3 is 0 Å². The number of hydrogen-bond acceptors (Lipinski definition) is 3. The largest absolute Gasteiger partial charge is 0.310 e. The Morgan fingerprint density at radius 3 is 2.25 bits per heavy atom. The standard InChI is InChI=1S/C8H15NO2S/c10-12(11)5-4-8(6-12)9-7-2-1-3-7/h7-9H,1-6H2. The van der Waals surface area contributed by atoms with E-state index < -0.39 is 9.84 Å². The van der Waals surface area contributed by atoms with Crippen molar-refractivity contribution in [3.63, 3.8) is 0 Å². The van der Waals surface area contributed by atoms with Gasteiger partial charge in [0.15, 0.2) is 9.84 Å². The highest BCUT2D eigenvalue weighted by atomic mass is 32.2. The van der Waals surface area contributed by atoms with Crippen LogP contribution in [0.15, 0.2) is 0 Å². The van der Waals surface area contributed by atoms with Crippen LogP contribution in [0, 0.1) is 0 Å². The number of rotatable bonds is 2.